The molecule has 0 spiro atoms. The van der Waals surface area contributed by atoms with Gasteiger partial charge in [0.15, 0.2) is 14.3 Å². The molecule has 0 N–H and O–H groups in total. The molecule has 6 heteroatoms. The van der Waals surface area contributed by atoms with Gasteiger partial charge >= 0.3 is 0 Å². The first kappa shape index (κ1) is 26.8. The highest BCUT2D eigenvalue weighted by Crippen LogP contribution is 2.50. The van der Waals surface area contributed by atoms with Crippen LogP contribution in [-0.4, -0.2) is 9.55 Å². The summed E-state index contributed by atoms with van der Waals surface area (Å²) in [5.41, 5.74) is 4.58. The van der Waals surface area contributed by atoms with Gasteiger partial charge in [-0.25, -0.2) is 4.98 Å². The van der Waals surface area contributed by atoms with Gasteiger partial charge in [-0.3, -0.25) is 4.57 Å². The zero-order valence-electron chi connectivity index (χ0n) is 24.0. The van der Waals surface area contributed by atoms with Crippen molar-refractivity contribution in [2.45, 2.75) is 6.92 Å². The van der Waals surface area contributed by atoms with Crippen molar-refractivity contribution in [1.82, 2.24) is 9.55 Å². The van der Waals surface area contributed by atoms with Gasteiger partial charge in [0.1, 0.15) is 5.82 Å². The van der Waals surface area contributed by atoms with E-state index >= 15 is 4.57 Å². The topological polar surface area (TPSA) is 52.0 Å². The van der Waals surface area contributed by atoms with Gasteiger partial charge in [-0.05, 0) is 42.3 Å². The van der Waals surface area contributed by atoms with Crippen molar-refractivity contribution >= 4 is 57.1 Å². The Morgan fingerprint density at radius 3 is 1.80 bits per heavy atom. The lowest BCUT2D eigenvalue weighted by atomic mass is 10.1. The quantitative estimate of drug-likeness (QED) is 0.208. The maximum atomic E-state index is 15.5. The summed E-state index contributed by atoms with van der Waals surface area (Å²) in [6, 6.07) is 49.4. The molecular formula is C38H28N2O2P2. The first-order valence-electron chi connectivity index (χ1n) is 14.6. The predicted octanol–water partition coefficient (Wildman–Crippen LogP) is 6.59. The smallest absolute Gasteiger partial charge is 0.175 e. The lowest BCUT2D eigenvalue weighted by Crippen LogP contribution is -2.33. The zero-order valence-corrected chi connectivity index (χ0v) is 25.8. The van der Waals surface area contributed by atoms with Crippen molar-refractivity contribution in [3.8, 4) is 16.8 Å². The Bertz CT molecular complexity index is 2230. The van der Waals surface area contributed by atoms with E-state index < -0.39 is 14.3 Å². The van der Waals surface area contributed by atoms with Gasteiger partial charge in [0, 0.05) is 31.8 Å². The summed E-state index contributed by atoms with van der Waals surface area (Å²) in [6.45, 7) is 2.00. The van der Waals surface area contributed by atoms with E-state index in [1.54, 1.807) is 0 Å². The van der Waals surface area contributed by atoms with E-state index in [-0.39, 0.29) is 0 Å². The van der Waals surface area contributed by atoms with Crippen LogP contribution in [0.3, 0.4) is 0 Å². The molecule has 4 nitrogen and oxygen atoms in total. The molecule has 0 saturated heterocycles. The second kappa shape index (κ2) is 10.2. The highest BCUT2D eigenvalue weighted by atomic mass is 31.2. The van der Waals surface area contributed by atoms with Crippen LogP contribution in [0, 0.1) is 6.92 Å². The van der Waals surface area contributed by atoms with Crippen LogP contribution in [0.25, 0.3) is 27.8 Å². The minimum absolute atomic E-state index is 0.775. The van der Waals surface area contributed by atoms with E-state index in [4.69, 9.17) is 4.98 Å². The second-order valence-electron chi connectivity index (χ2n) is 11.1. The molecule has 1 atom stereocenters. The summed E-state index contributed by atoms with van der Waals surface area (Å²) < 4.78 is 32.5. The third kappa shape index (κ3) is 3.88. The van der Waals surface area contributed by atoms with Crippen LogP contribution in [0.4, 0.5) is 0 Å². The normalized spacial score (nSPS) is 15.7. The highest BCUT2D eigenvalue weighted by molar-refractivity contribution is 7.86. The molecule has 0 radical (unpaired) electrons. The molecule has 212 valence electrons. The average molecular weight is 607 g/mol. The van der Waals surface area contributed by atoms with Crippen LogP contribution in [0.15, 0.2) is 152 Å². The van der Waals surface area contributed by atoms with Crippen molar-refractivity contribution in [2.75, 3.05) is 0 Å². The van der Waals surface area contributed by atoms with Crippen molar-refractivity contribution in [2.24, 2.45) is 0 Å². The number of hydrogen-bond acceptors (Lipinski definition) is 3. The lowest BCUT2D eigenvalue weighted by Gasteiger charge is -2.29. The fourth-order valence-electron chi connectivity index (χ4n) is 6.55. The summed E-state index contributed by atoms with van der Waals surface area (Å²) in [5, 5.41) is 4.79. The molecule has 0 saturated carbocycles. The fourth-order valence-corrected chi connectivity index (χ4v) is 12.2. The maximum Gasteiger partial charge on any atom is 0.175 e. The molecule has 0 aliphatic carbocycles. The molecule has 0 amide bonds. The summed E-state index contributed by atoms with van der Waals surface area (Å²) in [7, 11) is -6.30. The van der Waals surface area contributed by atoms with E-state index in [9.17, 15) is 4.57 Å². The summed E-state index contributed by atoms with van der Waals surface area (Å²) >= 11 is 0. The van der Waals surface area contributed by atoms with Gasteiger partial charge in [0.2, 0.25) is 0 Å². The summed E-state index contributed by atoms with van der Waals surface area (Å²) in [4.78, 5) is 4.82. The minimum atomic E-state index is -3.22. The van der Waals surface area contributed by atoms with E-state index in [0.29, 0.717) is 0 Å². The number of imidazole rings is 1. The van der Waals surface area contributed by atoms with E-state index in [1.165, 1.54) is 0 Å². The Morgan fingerprint density at radius 2 is 1.16 bits per heavy atom. The molecule has 1 aliphatic rings. The van der Waals surface area contributed by atoms with Gasteiger partial charge in [-0.2, -0.15) is 0 Å². The Morgan fingerprint density at radius 1 is 0.591 bits per heavy atom. The zero-order chi connectivity index (χ0) is 29.9. The van der Waals surface area contributed by atoms with Crippen LogP contribution in [0.5, 0.6) is 0 Å². The fraction of sp³-hybridized carbons (Fsp3) is 0.0263. The van der Waals surface area contributed by atoms with E-state index in [0.717, 1.165) is 65.5 Å². The first-order chi connectivity index (χ1) is 21.5. The lowest BCUT2D eigenvalue weighted by molar-refractivity contribution is 0.591. The molecule has 1 aromatic heterocycles. The number of nitrogens with zero attached hydrogens (tertiary/aromatic N) is 2. The van der Waals surface area contributed by atoms with Crippen molar-refractivity contribution in [3.05, 3.63) is 157 Å². The Balaban J connectivity index is 1.30. The second-order valence-corrected chi connectivity index (χ2v) is 16.6. The Labute approximate surface area is 256 Å². The number of aryl methyl sites for hydroxylation is 1. The molecule has 8 rings (SSSR count). The molecule has 0 fully saturated rings. The monoisotopic (exact) mass is 606 g/mol. The van der Waals surface area contributed by atoms with E-state index in [1.807, 2.05) is 140 Å². The van der Waals surface area contributed by atoms with Crippen molar-refractivity contribution in [1.29, 1.82) is 0 Å². The molecule has 7 aromatic rings. The largest absolute Gasteiger partial charge is 0.309 e. The number of hydrogen-bond donors (Lipinski definition) is 0. The predicted molar refractivity (Wildman–Crippen MR) is 184 cm³/mol. The molecule has 44 heavy (non-hydrogen) atoms. The molecule has 2 heterocycles. The van der Waals surface area contributed by atoms with Crippen LogP contribution in [0.2, 0.25) is 0 Å². The number of fused-ring (bicyclic) bond motifs is 2. The maximum absolute atomic E-state index is 15.5. The summed E-state index contributed by atoms with van der Waals surface area (Å²) in [6.07, 6.45) is 0. The Kier molecular flexibility index (Phi) is 6.20. The molecule has 1 aliphatic heterocycles. The van der Waals surface area contributed by atoms with Gasteiger partial charge < -0.3 is 9.13 Å². The van der Waals surface area contributed by atoms with Crippen LogP contribution in [-0.2, 0) is 9.13 Å². The highest BCUT2D eigenvalue weighted by Gasteiger charge is 2.39. The number of aromatic nitrogens is 2. The van der Waals surface area contributed by atoms with Crippen molar-refractivity contribution < 1.29 is 9.13 Å². The van der Waals surface area contributed by atoms with Gasteiger partial charge in [-0.15, -0.1) is 0 Å². The van der Waals surface area contributed by atoms with Crippen LogP contribution < -0.4 is 31.8 Å². The third-order valence-corrected chi connectivity index (χ3v) is 14.8. The Hall–Kier alpha value is -4.75. The van der Waals surface area contributed by atoms with Crippen LogP contribution in [0.1, 0.15) is 5.82 Å². The van der Waals surface area contributed by atoms with Crippen molar-refractivity contribution in [3.63, 3.8) is 0 Å². The molecule has 6 aromatic carbocycles. The van der Waals surface area contributed by atoms with Crippen LogP contribution >= 0.6 is 14.3 Å². The number of rotatable bonds is 5. The molecule has 0 bridgehead atoms. The van der Waals surface area contributed by atoms with Gasteiger partial charge in [0.25, 0.3) is 0 Å². The minimum Gasteiger partial charge on any atom is -0.309 e. The van der Waals surface area contributed by atoms with E-state index in [2.05, 4.69) is 22.8 Å². The SMILES string of the molecule is Cc1nc2cccc3c2n1-c1ccc(-c2ccc(P(=O)(c4ccccc4)c4ccccc4)cc2)cc1P3(=O)c1ccccc1. The molecule has 1 unspecified atom stereocenters. The standard InChI is InChI=1S/C38H28N2O2P2/c1-27-39-34-18-11-19-36-38(34)40(27)35-25-22-29(26-37(35)44(36,42)32-16-9-4-10-17-32)28-20-23-33(24-21-28)43(41,30-12-5-2-6-13-30)31-14-7-3-8-15-31/h2-26H,1H3. The number of benzene rings is 6. The average Bonchev–Trinajstić information content (AvgIpc) is 3.44. The molecular weight excluding hydrogens is 578 g/mol. The number of para-hydroxylation sites is 1. The third-order valence-electron chi connectivity index (χ3n) is 8.64. The summed E-state index contributed by atoms with van der Waals surface area (Å²) in [5.74, 6) is 0.864. The first-order valence-corrected chi connectivity index (χ1v) is 18.0. The van der Waals surface area contributed by atoms with Gasteiger partial charge in [-0.1, -0.05) is 127 Å². The van der Waals surface area contributed by atoms with Gasteiger partial charge in [0.05, 0.1) is 16.7 Å².